The zero-order valence-electron chi connectivity index (χ0n) is 16.2. The number of imidazole rings is 2. The largest absolute Gasteiger partial charge is 0.244 e. The average Bonchev–Trinajstić information content (AvgIpc) is 3.29. The van der Waals surface area contributed by atoms with E-state index in [1.165, 1.54) is 36.8 Å². The Kier molecular flexibility index (Phi) is 6.64. The molecule has 0 N–H and O–H groups in total. The van der Waals surface area contributed by atoms with Crippen LogP contribution in [0.4, 0.5) is 0 Å². The summed E-state index contributed by atoms with van der Waals surface area (Å²) in [6.45, 7) is 8.55. The Morgan fingerprint density at radius 2 is 1.12 bits per heavy atom. The fraction of sp³-hybridized carbons (Fsp3) is 0.455. The Morgan fingerprint density at radius 3 is 1.50 bits per heavy atom. The molecule has 0 fully saturated rings. The highest BCUT2D eigenvalue weighted by molar-refractivity contribution is 5.23. The van der Waals surface area contributed by atoms with Gasteiger partial charge in [-0.25, -0.2) is 18.3 Å². The Labute approximate surface area is 157 Å². The lowest BCUT2D eigenvalue weighted by molar-refractivity contribution is -0.697. The van der Waals surface area contributed by atoms with Crippen LogP contribution in [-0.4, -0.2) is 9.13 Å². The van der Waals surface area contributed by atoms with Crippen LogP contribution in [0, 0.1) is 0 Å². The number of aromatic nitrogens is 4. The van der Waals surface area contributed by atoms with Crippen molar-refractivity contribution in [2.24, 2.45) is 0 Å². The predicted molar refractivity (Wildman–Crippen MR) is 104 cm³/mol. The molecule has 0 aliphatic carbocycles. The van der Waals surface area contributed by atoms with Crippen molar-refractivity contribution in [3.8, 4) is 0 Å². The summed E-state index contributed by atoms with van der Waals surface area (Å²) in [7, 11) is 0. The standard InChI is InChI=1S/C22H32N4/c1-3-5-11-23-13-15-25(19-23)17-21-7-9-22(10-8-21)18-26-16-14-24(20-26)12-6-4-2/h7-10,13-16,19-20H,3-6,11-12,17-18H2,1-2H3/q+2. The molecule has 4 nitrogen and oxygen atoms in total. The van der Waals surface area contributed by atoms with Crippen molar-refractivity contribution in [3.05, 3.63) is 72.8 Å². The van der Waals surface area contributed by atoms with Gasteiger partial charge < -0.3 is 0 Å². The first-order valence-electron chi connectivity index (χ1n) is 9.94. The Balaban J connectivity index is 1.54. The van der Waals surface area contributed by atoms with Gasteiger partial charge in [0.25, 0.3) is 0 Å². The van der Waals surface area contributed by atoms with Crippen LogP contribution < -0.4 is 9.13 Å². The lowest BCUT2D eigenvalue weighted by atomic mass is 10.1. The summed E-state index contributed by atoms with van der Waals surface area (Å²) in [6.07, 6.45) is 18.0. The number of hydrogen-bond acceptors (Lipinski definition) is 0. The van der Waals surface area contributed by atoms with Crippen LogP contribution in [0.3, 0.4) is 0 Å². The summed E-state index contributed by atoms with van der Waals surface area (Å²) in [5.74, 6) is 0. The van der Waals surface area contributed by atoms with Crippen LogP contribution in [0.2, 0.25) is 0 Å². The molecule has 138 valence electrons. The summed E-state index contributed by atoms with van der Waals surface area (Å²) in [5.41, 5.74) is 2.69. The van der Waals surface area contributed by atoms with E-state index in [1.807, 2.05) is 0 Å². The number of unbranched alkanes of at least 4 members (excludes halogenated alkanes) is 2. The van der Waals surface area contributed by atoms with Crippen LogP contribution in [0.1, 0.15) is 50.7 Å². The van der Waals surface area contributed by atoms with E-state index in [-0.39, 0.29) is 0 Å². The molecule has 0 amide bonds. The monoisotopic (exact) mass is 352 g/mol. The summed E-state index contributed by atoms with van der Waals surface area (Å²) >= 11 is 0. The number of hydrogen-bond donors (Lipinski definition) is 0. The van der Waals surface area contributed by atoms with Gasteiger partial charge in [-0.1, -0.05) is 51.0 Å². The second kappa shape index (κ2) is 9.37. The fourth-order valence-corrected chi connectivity index (χ4v) is 3.18. The molecule has 0 atom stereocenters. The van der Waals surface area contributed by atoms with Gasteiger partial charge in [0.2, 0.25) is 12.7 Å². The third-order valence-electron chi connectivity index (χ3n) is 4.79. The van der Waals surface area contributed by atoms with E-state index in [0.29, 0.717) is 0 Å². The Morgan fingerprint density at radius 1 is 0.692 bits per heavy atom. The molecule has 0 spiro atoms. The summed E-state index contributed by atoms with van der Waals surface area (Å²) in [6, 6.07) is 9.00. The molecule has 0 saturated carbocycles. The van der Waals surface area contributed by atoms with Crippen molar-refractivity contribution in [3.63, 3.8) is 0 Å². The molecule has 3 rings (SSSR count). The smallest absolute Gasteiger partial charge is 0.237 e. The third kappa shape index (κ3) is 5.32. The number of benzene rings is 1. The van der Waals surface area contributed by atoms with Crippen LogP contribution in [0.5, 0.6) is 0 Å². The first kappa shape index (κ1) is 18.4. The van der Waals surface area contributed by atoms with Gasteiger partial charge in [0.05, 0.1) is 13.1 Å². The highest BCUT2D eigenvalue weighted by Crippen LogP contribution is 2.08. The van der Waals surface area contributed by atoms with Crippen molar-refractivity contribution >= 4 is 0 Å². The van der Waals surface area contributed by atoms with Gasteiger partial charge in [-0.3, -0.25) is 0 Å². The van der Waals surface area contributed by atoms with Gasteiger partial charge >= 0.3 is 0 Å². The van der Waals surface area contributed by atoms with E-state index < -0.39 is 0 Å². The average molecular weight is 353 g/mol. The van der Waals surface area contributed by atoms with E-state index in [9.17, 15) is 0 Å². The normalized spacial score (nSPS) is 11.2. The van der Waals surface area contributed by atoms with E-state index in [1.54, 1.807) is 0 Å². The van der Waals surface area contributed by atoms with Crippen molar-refractivity contribution in [1.82, 2.24) is 9.13 Å². The first-order chi connectivity index (χ1) is 12.8. The molecule has 2 aromatic heterocycles. The van der Waals surface area contributed by atoms with Gasteiger partial charge in [-0.15, -0.1) is 0 Å². The minimum atomic E-state index is 0.930. The van der Waals surface area contributed by atoms with Gasteiger partial charge in [0, 0.05) is 0 Å². The van der Waals surface area contributed by atoms with E-state index >= 15 is 0 Å². The SMILES string of the molecule is CCCC[n+]1ccn(Cc2ccc(Cn3cc[n+](CCCC)c3)cc2)c1. The maximum Gasteiger partial charge on any atom is 0.244 e. The second-order valence-electron chi connectivity index (χ2n) is 7.17. The zero-order valence-corrected chi connectivity index (χ0v) is 16.2. The van der Waals surface area contributed by atoms with E-state index in [4.69, 9.17) is 0 Å². The molecule has 0 bridgehead atoms. The zero-order chi connectivity index (χ0) is 18.2. The molecule has 3 aromatic rings. The lowest BCUT2D eigenvalue weighted by Gasteiger charge is -2.01. The van der Waals surface area contributed by atoms with Crippen molar-refractivity contribution in [2.75, 3.05) is 0 Å². The molecule has 26 heavy (non-hydrogen) atoms. The van der Waals surface area contributed by atoms with Crippen molar-refractivity contribution in [2.45, 2.75) is 65.7 Å². The topological polar surface area (TPSA) is 17.6 Å². The van der Waals surface area contributed by atoms with E-state index in [0.717, 1.165) is 26.2 Å². The fourth-order valence-electron chi connectivity index (χ4n) is 3.18. The second-order valence-corrected chi connectivity index (χ2v) is 7.17. The summed E-state index contributed by atoms with van der Waals surface area (Å²) in [5, 5.41) is 0. The van der Waals surface area contributed by atoms with Crippen LogP contribution >= 0.6 is 0 Å². The summed E-state index contributed by atoms with van der Waals surface area (Å²) < 4.78 is 9.07. The Bertz CT molecular complexity index is 715. The van der Waals surface area contributed by atoms with Gasteiger partial charge in [0.1, 0.15) is 37.9 Å². The molecule has 0 unspecified atom stereocenters. The highest BCUT2D eigenvalue weighted by atomic mass is 15.1. The van der Waals surface area contributed by atoms with Crippen LogP contribution in [0.15, 0.2) is 61.7 Å². The van der Waals surface area contributed by atoms with E-state index in [2.05, 4.69) is 93.8 Å². The molecule has 2 heterocycles. The maximum atomic E-state index is 2.28. The highest BCUT2D eigenvalue weighted by Gasteiger charge is 2.07. The predicted octanol–water partition coefficient (Wildman–Crippen LogP) is 3.56. The summed E-state index contributed by atoms with van der Waals surface area (Å²) in [4.78, 5) is 0. The van der Waals surface area contributed by atoms with Gasteiger partial charge in [-0.05, 0) is 24.0 Å². The van der Waals surface area contributed by atoms with Crippen LogP contribution in [0.25, 0.3) is 0 Å². The molecule has 1 aromatic carbocycles. The Hall–Kier alpha value is -2.36. The lowest BCUT2D eigenvalue weighted by Crippen LogP contribution is -2.30. The molecule has 4 heteroatoms. The molecule has 0 radical (unpaired) electrons. The number of rotatable bonds is 10. The maximum absolute atomic E-state index is 2.28. The van der Waals surface area contributed by atoms with Crippen molar-refractivity contribution in [1.29, 1.82) is 0 Å². The molecular weight excluding hydrogens is 320 g/mol. The van der Waals surface area contributed by atoms with Crippen molar-refractivity contribution < 1.29 is 9.13 Å². The van der Waals surface area contributed by atoms with Gasteiger partial charge in [-0.2, -0.15) is 0 Å². The molecule has 0 aliphatic rings. The molecule has 0 saturated heterocycles. The minimum Gasteiger partial charge on any atom is -0.237 e. The number of aryl methyl sites for hydroxylation is 2. The quantitative estimate of drug-likeness (QED) is 0.497. The first-order valence-corrected chi connectivity index (χ1v) is 9.94. The molecule has 0 aliphatic heterocycles. The molecular formula is C22H32N4+2. The minimum absolute atomic E-state index is 0.930. The van der Waals surface area contributed by atoms with Gasteiger partial charge in [0.15, 0.2) is 0 Å². The number of nitrogens with zero attached hydrogens (tertiary/aromatic N) is 4. The third-order valence-corrected chi connectivity index (χ3v) is 4.79. The van der Waals surface area contributed by atoms with Crippen LogP contribution in [-0.2, 0) is 26.2 Å².